The van der Waals surface area contributed by atoms with E-state index in [2.05, 4.69) is 94.7 Å². The van der Waals surface area contributed by atoms with Crippen molar-refractivity contribution in [3.8, 4) is 17.2 Å². The SMILES string of the molecule is CC(c1ccc(O)cc1)(c1ccc(O[Si](C)(C)C)cc1)c1ccc(O[Si](C)(C)C)cc1. The normalized spacial score (nSPS) is 12.5. The summed E-state index contributed by atoms with van der Waals surface area (Å²) in [6, 6.07) is 24.3. The van der Waals surface area contributed by atoms with Gasteiger partial charge in [0.1, 0.15) is 17.2 Å². The highest BCUT2D eigenvalue weighted by molar-refractivity contribution is 6.70. The van der Waals surface area contributed by atoms with Crippen molar-refractivity contribution in [2.45, 2.75) is 51.6 Å². The summed E-state index contributed by atoms with van der Waals surface area (Å²) in [5.41, 5.74) is 3.06. The Morgan fingerprint density at radius 3 is 1.13 bits per heavy atom. The first kappa shape index (κ1) is 23.2. The number of hydrogen-bond donors (Lipinski definition) is 1. The van der Waals surface area contributed by atoms with E-state index in [1.807, 2.05) is 12.1 Å². The molecular weight excluding hydrogens is 416 g/mol. The minimum atomic E-state index is -1.66. The number of aromatic hydroxyl groups is 1. The first-order valence-electron chi connectivity index (χ1n) is 10.8. The molecule has 0 saturated heterocycles. The fraction of sp³-hybridized carbons (Fsp3) is 0.308. The summed E-state index contributed by atoms with van der Waals surface area (Å²) in [5.74, 6) is 2.09. The Bertz CT molecular complexity index is 938. The average molecular weight is 451 g/mol. The fourth-order valence-electron chi connectivity index (χ4n) is 3.71. The number of hydrogen-bond acceptors (Lipinski definition) is 3. The van der Waals surface area contributed by atoms with Crippen LogP contribution in [0, 0.1) is 0 Å². The fourth-order valence-corrected chi connectivity index (χ4v) is 5.40. The van der Waals surface area contributed by atoms with Gasteiger partial charge in [-0.25, -0.2) is 0 Å². The lowest BCUT2D eigenvalue weighted by molar-refractivity contribution is 0.474. The van der Waals surface area contributed by atoms with Gasteiger partial charge < -0.3 is 14.0 Å². The van der Waals surface area contributed by atoms with Crippen LogP contribution in [0.15, 0.2) is 72.8 Å². The summed E-state index contributed by atoms with van der Waals surface area (Å²) in [4.78, 5) is 0. The van der Waals surface area contributed by atoms with E-state index >= 15 is 0 Å². The number of phenols is 1. The molecule has 3 nitrogen and oxygen atoms in total. The third-order valence-electron chi connectivity index (χ3n) is 5.16. The van der Waals surface area contributed by atoms with E-state index in [-0.39, 0.29) is 11.2 Å². The summed E-state index contributed by atoms with van der Waals surface area (Å²) in [7, 11) is -3.32. The van der Waals surface area contributed by atoms with Gasteiger partial charge in [0.05, 0.1) is 0 Å². The third kappa shape index (κ3) is 5.80. The summed E-state index contributed by atoms with van der Waals surface area (Å²) in [6.45, 7) is 15.3. The van der Waals surface area contributed by atoms with Crippen LogP contribution in [0.25, 0.3) is 0 Å². The van der Waals surface area contributed by atoms with E-state index in [0.717, 1.165) is 17.1 Å². The number of rotatable bonds is 7. The minimum Gasteiger partial charge on any atom is -0.544 e. The quantitative estimate of drug-likeness (QED) is 0.306. The second kappa shape index (κ2) is 8.56. The van der Waals surface area contributed by atoms with Crippen molar-refractivity contribution in [1.82, 2.24) is 0 Å². The maximum absolute atomic E-state index is 9.83. The molecule has 5 heteroatoms. The Morgan fingerprint density at radius 2 is 0.839 bits per heavy atom. The van der Waals surface area contributed by atoms with Gasteiger partial charge in [-0.2, -0.15) is 0 Å². The van der Waals surface area contributed by atoms with E-state index in [9.17, 15) is 5.11 Å². The van der Waals surface area contributed by atoms with E-state index in [4.69, 9.17) is 8.85 Å². The molecule has 3 rings (SSSR count). The summed E-state index contributed by atoms with van der Waals surface area (Å²) in [5, 5.41) is 9.83. The monoisotopic (exact) mass is 450 g/mol. The van der Waals surface area contributed by atoms with Crippen molar-refractivity contribution in [1.29, 1.82) is 0 Å². The standard InChI is InChI=1S/C26H34O3Si2/c1-26(20-8-14-23(27)15-9-20,21-10-16-24(17-11-21)28-30(2,3)4)22-12-18-25(19-13-22)29-31(5,6)7/h8-19,27H,1-7H3. The molecule has 0 unspecified atom stereocenters. The van der Waals surface area contributed by atoms with Gasteiger partial charge in [-0.1, -0.05) is 36.4 Å². The van der Waals surface area contributed by atoms with Gasteiger partial charge in [-0.05, 0) is 99.3 Å². The highest BCUT2D eigenvalue weighted by Crippen LogP contribution is 2.40. The molecule has 0 bridgehead atoms. The lowest BCUT2D eigenvalue weighted by Crippen LogP contribution is -2.30. The Balaban J connectivity index is 2.05. The summed E-state index contributed by atoms with van der Waals surface area (Å²) >= 11 is 0. The first-order valence-corrected chi connectivity index (χ1v) is 17.6. The van der Waals surface area contributed by atoms with Gasteiger partial charge in [0.15, 0.2) is 0 Å². The third-order valence-corrected chi connectivity index (χ3v) is 6.85. The highest BCUT2D eigenvalue weighted by Gasteiger charge is 2.31. The molecule has 3 aromatic carbocycles. The molecule has 0 aliphatic carbocycles. The average Bonchev–Trinajstić information content (AvgIpc) is 2.66. The van der Waals surface area contributed by atoms with E-state index in [1.54, 1.807) is 12.1 Å². The molecule has 0 saturated carbocycles. The molecule has 0 aromatic heterocycles. The largest absolute Gasteiger partial charge is 0.544 e. The minimum absolute atomic E-state index is 0.267. The van der Waals surface area contributed by atoms with Crippen LogP contribution in [0.1, 0.15) is 23.6 Å². The molecule has 0 aliphatic rings. The molecule has 0 heterocycles. The van der Waals surface area contributed by atoms with Gasteiger partial charge in [-0.15, -0.1) is 0 Å². The zero-order valence-corrected chi connectivity index (χ0v) is 21.7. The van der Waals surface area contributed by atoms with Crippen LogP contribution in [0.4, 0.5) is 0 Å². The predicted octanol–water partition coefficient (Wildman–Crippen LogP) is 7.17. The van der Waals surface area contributed by atoms with Crippen molar-refractivity contribution < 1.29 is 14.0 Å². The molecular formula is C26H34O3Si2. The molecule has 164 valence electrons. The maximum atomic E-state index is 9.83. The Kier molecular flexibility index (Phi) is 6.39. The summed E-state index contributed by atoms with van der Waals surface area (Å²) in [6.07, 6.45) is 0. The van der Waals surface area contributed by atoms with Gasteiger partial charge in [0.25, 0.3) is 0 Å². The van der Waals surface area contributed by atoms with Crippen molar-refractivity contribution in [3.63, 3.8) is 0 Å². The van der Waals surface area contributed by atoms with Crippen LogP contribution in [0.3, 0.4) is 0 Å². The van der Waals surface area contributed by atoms with Crippen LogP contribution < -0.4 is 8.85 Å². The Labute approximate surface area is 188 Å². The van der Waals surface area contributed by atoms with Gasteiger partial charge in [0, 0.05) is 5.41 Å². The van der Waals surface area contributed by atoms with Crippen molar-refractivity contribution in [2.75, 3.05) is 0 Å². The van der Waals surface area contributed by atoms with Crippen molar-refractivity contribution >= 4 is 16.6 Å². The smallest absolute Gasteiger partial charge is 0.242 e. The van der Waals surface area contributed by atoms with Crippen LogP contribution in [0.5, 0.6) is 17.2 Å². The molecule has 0 fully saturated rings. The number of phenolic OH excluding ortho intramolecular Hbond substituents is 1. The van der Waals surface area contributed by atoms with Crippen molar-refractivity contribution in [3.05, 3.63) is 89.5 Å². The van der Waals surface area contributed by atoms with Crippen LogP contribution in [-0.2, 0) is 5.41 Å². The van der Waals surface area contributed by atoms with Crippen LogP contribution >= 0.6 is 0 Å². The molecule has 1 N–H and O–H groups in total. The topological polar surface area (TPSA) is 38.7 Å². The molecule has 0 radical (unpaired) electrons. The van der Waals surface area contributed by atoms with Crippen LogP contribution in [0.2, 0.25) is 39.3 Å². The van der Waals surface area contributed by atoms with E-state index in [1.165, 1.54) is 11.1 Å². The predicted molar refractivity (Wildman–Crippen MR) is 134 cm³/mol. The van der Waals surface area contributed by atoms with Gasteiger partial charge in [0.2, 0.25) is 16.6 Å². The van der Waals surface area contributed by atoms with E-state index in [0.29, 0.717) is 0 Å². The molecule has 31 heavy (non-hydrogen) atoms. The molecule has 0 spiro atoms. The van der Waals surface area contributed by atoms with E-state index < -0.39 is 16.6 Å². The van der Waals surface area contributed by atoms with Crippen molar-refractivity contribution in [2.24, 2.45) is 0 Å². The Hall–Kier alpha value is -2.51. The first-order chi connectivity index (χ1) is 14.4. The second-order valence-corrected chi connectivity index (χ2v) is 19.0. The maximum Gasteiger partial charge on any atom is 0.242 e. The lowest BCUT2D eigenvalue weighted by Gasteiger charge is -2.32. The molecule has 0 amide bonds. The summed E-state index contributed by atoms with van der Waals surface area (Å²) < 4.78 is 12.3. The number of benzene rings is 3. The second-order valence-electron chi connectivity index (χ2n) is 10.1. The zero-order valence-electron chi connectivity index (χ0n) is 19.7. The van der Waals surface area contributed by atoms with Gasteiger partial charge >= 0.3 is 0 Å². The molecule has 3 aromatic rings. The highest BCUT2D eigenvalue weighted by atomic mass is 28.4. The zero-order chi connectivity index (χ0) is 22.9. The lowest BCUT2D eigenvalue weighted by atomic mass is 9.71. The molecule has 0 atom stereocenters. The molecule has 0 aliphatic heterocycles. The van der Waals surface area contributed by atoms with Crippen LogP contribution in [-0.4, -0.2) is 21.7 Å². The Morgan fingerprint density at radius 1 is 0.548 bits per heavy atom. The van der Waals surface area contributed by atoms with Gasteiger partial charge in [-0.3, -0.25) is 0 Å².